The van der Waals surface area contributed by atoms with Crippen molar-refractivity contribution in [1.29, 1.82) is 0 Å². The molecule has 14 heavy (non-hydrogen) atoms. The highest BCUT2D eigenvalue weighted by atomic mass is 16.5. The van der Waals surface area contributed by atoms with E-state index < -0.39 is 5.97 Å². The highest BCUT2D eigenvalue weighted by Crippen LogP contribution is 1.99. The van der Waals surface area contributed by atoms with Gasteiger partial charge in [0.15, 0.2) is 0 Å². The topological polar surface area (TPSA) is 62.7 Å². The van der Waals surface area contributed by atoms with Gasteiger partial charge in [-0.1, -0.05) is 25.8 Å². The summed E-state index contributed by atoms with van der Waals surface area (Å²) in [6, 6.07) is 0. The first kappa shape index (κ1) is 12.6. The molecule has 78 valence electrons. The van der Waals surface area contributed by atoms with Gasteiger partial charge in [0.25, 0.3) is 0 Å². The normalized spacial score (nSPS) is 9.86. The van der Waals surface area contributed by atoms with E-state index in [1.165, 1.54) is 13.2 Å². The Bertz CT molecular complexity index is 253. The van der Waals surface area contributed by atoms with E-state index in [2.05, 4.69) is 16.5 Å². The maximum absolute atomic E-state index is 10.9. The minimum absolute atomic E-state index is 0.0657. The van der Waals surface area contributed by atoms with Crippen molar-refractivity contribution >= 4 is 11.7 Å². The third kappa shape index (κ3) is 5.27. The fourth-order valence-electron chi connectivity index (χ4n) is 0.954. The Balaban J connectivity index is 3.95. The van der Waals surface area contributed by atoms with Crippen LogP contribution in [0.4, 0.5) is 0 Å². The first-order chi connectivity index (χ1) is 6.76. The molecule has 0 aliphatic heterocycles. The smallest absolute Gasteiger partial charge is 0.421 e. The van der Waals surface area contributed by atoms with Gasteiger partial charge >= 0.3 is 11.7 Å². The zero-order valence-corrected chi connectivity index (χ0v) is 8.69. The highest BCUT2D eigenvalue weighted by molar-refractivity contribution is 6.38. The Kier molecular flexibility index (Phi) is 7.37. The van der Waals surface area contributed by atoms with Gasteiger partial charge in [-0.3, -0.25) is 0 Å². The summed E-state index contributed by atoms with van der Waals surface area (Å²) < 4.78 is 4.40. The standard InChI is InChI=1S/C10H16N2O2/c1-3-4-5-6-7-8-9(12-11)10(13)14-2/h7-8H,3-6H2,1-2H3/b8-7+. The molecule has 0 unspecified atom stereocenters. The Hall–Kier alpha value is -1.41. The molecule has 0 saturated carbocycles. The van der Waals surface area contributed by atoms with Gasteiger partial charge < -0.3 is 10.3 Å². The molecule has 0 spiro atoms. The van der Waals surface area contributed by atoms with Crippen LogP contribution in [0.25, 0.3) is 5.53 Å². The molecule has 0 saturated heterocycles. The van der Waals surface area contributed by atoms with Crippen LogP contribution >= 0.6 is 0 Å². The van der Waals surface area contributed by atoms with E-state index in [0.29, 0.717) is 0 Å². The summed E-state index contributed by atoms with van der Waals surface area (Å²) in [6.07, 6.45) is 7.56. The van der Waals surface area contributed by atoms with Gasteiger partial charge in [0.1, 0.15) is 0 Å². The number of hydrogen-bond donors (Lipinski definition) is 0. The second kappa shape index (κ2) is 8.20. The molecule has 0 heterocycles. The number of rotatable bonds is 6. The summed E-state index contributed by atoms with van der Waals surface area (Å²) in [5, 5.41) is 0. The van der Waals surface area contributed by atoms with Crippen molar-refractivity contribution in [2.45, 2.75) is 32.6 Å². The van der Waals surface area contributed by atoms with Gasteiger partial charge in [-0.15, -0.1) is 0 Å². The Morgan fingerprint density at radius 2 is 2.21 bits per heavy atom. The van der Waals surface area contributed by atoms with Gasteiger partial charge in [0.2, 0.25) is 0 Å². The third-order valence-corrected chi connectivity index (χ3v) is 1.75. The van der Waals surface area contributed by atoms with E-state index in [1.54, 1.807) is 0 Å². The van der Waals surface area contributed by atoms with E-state index in [-0.39, 0.29) is 5.71 Å². The molecule has 0 aromatic heterocycles. The molecular weight excluding hydrogens is 180 g/mol. The van der Waals surface area contributed by atoms with E-state index in [0.717, 1.165) is 25.7 Å². The fourth-order valence-corrected chi connectivity index (χ4v) is 0.954. The number of methoxy groups -OCH3 is 1. The van der Waals surface area contributed by atoms with E-state index in [9.17, 15) is 4.79 Å². The van der Waals surface area contributed by atoms with Crippen molar-refractivity contribution < 1.29 is 14.3 Å². The number of unbranched alkanes of at least 4 members (excludes halogenated alkanes) is 3. The van der Waals surface area contributed by atoms with Gasteiger partial charge in [-0.25, -0.2) is 4.79 Å². The van der Waals surface area contributed by atoms with E-state index in [4.69, 9.17) is 5.53 Å². The fraction of sp³-hybridized carbons (Fsp3) is 0.600. The van der Waals surface area contributed by atoms with E-state index >= 15 is 0 Å². The molecule has 0 fully saturated rings. The molecule has 0 rings (SSSR count). The number of carbonyl (C=O) groups is 1. The number of nitrogens with zero attached hydrogens (tertiary/aromatic N) is 2. The minimum atomic E-state index is -0.626. The molecule has 0 aliphatic rings. The predicted molar refractivity (Wildman–Crippen MR) is 53.9 cm³/mol. The SMILES string of the molecule is CCCCC/C=C/C(=[N+]=[N-])C(=O)OC. The lowest BCUT2D eigenvalue weighted by molar-refractivity contribution is -0.137. The third-order valence-electron chi connectivity index (χ3n) is 1.75. The van der Waals surface area contributed by atoms with Crippen LogP contribution in [0.15, 0.2) is 12.2 Å². The van der Waals surface area contributed by atoms with E-state index in [1.807, 2.05) is 6.08 Å². The average Bonchev–Trinajstić information content (AvgIpc) is 2.22. The molecule has 0 aromatic carbocycles. The predicted octanol–water partition coefficient (Wildman–Crippen LogP) is 1.97. The molecule has 0 aliphatic carbocycles. The van der Waals surface area contributed by atoms with Gasteiger partial charge in [0.05, 0.1) is 7.11 Å². The molecular formula is C10H16N2O2. The van der Waals surface area contributed by atoms with Crippen LogP contribution in [0, 0.1) is 0 Å². The lowest BCUT2D eigenvalue weighted by Gasteiger charge is -1.91. The summed E-state index contributed by atoms with van der Waals surface area (Å²) in [6.45, 7) is 2.12. The van der Waals surface area contributed by atoms with Gasteiger partial charge in [0, 0.05) is 6.08 Å². The van der Waals surface area contributed by atoms with Gasteiger partial charge in [-0.2, -0.15) is 4.79 Å². The molecule has 4 nitrogen and oxygen atoms in total. The molecule has 0 radical (unpaired) electrons. The largest absolute Gasteiger partial charge is 0.460 e. The van der Waals surface area contributed by atoms with Crippen molar-refractivity contribution in [3.8, 4) is 0 Å². The summed E-state index contributed by atoms with van der Waals surface area (Å²) in [4.78, 5) is 13.7. The first-order valence-electron chi connectivity index (χ1n) is 4.73. The molecule has 4 heteroatoms. The average molecular weight is 196 g/mol. The molecule has 0 atom stereocenters. The zero-order valence-electron chi connectivity index (χ0n) is 8.69. The Labute approximate surface area is 84.2 Å². The number of ether oxygens (including phenoxy) is 1. The second-order valence-corrected chi connectivity index (χ2v) is 2.87. The molecule has 0 amide bonds. The summed E-state index contributed by atoms with van der Waals surface area (Å²) in [5.74, 6) is -0.626. The monoisotopic (exact) mass is 196 g/mol. The maximum Gasteiger partial charge on any atom is 0.421 e. The first-order valence-corrected chi connectivity index (χ1v) is 4.73. The second-order valence-electron chi connectivity index (χ2n) is 2.87. The lowest BCUT2D eigenvalue weighted by Crippen LogP contribution is -2.13. The Morgan fingerprint density at radius 1 is 1.50 bits per heavy atom. The molecule has 0 aromatic rings. The Morgan fingerprint density at radius 3 is 2.71 bits per heavy atom. The van der Waals surface area contributed by atoms with Crippen LogP contribution in [0.3, 0.4) is 0 Å². The number of allylic oxidation sites excluding steroid dienone is 1. The maximum atomic E-state index is 10.9. The summed E-state index contributed by atoms with van der Waals surface area (Å²) >= 11 is 0. The zero-order chi connectivity index (χ0) is 10.8. The van der Waals surface area contributed by atoms with Crippen LogP contribution in [-0.4, -0.2) is 23.6 Å². The van der Waals surface area contributed by atoms with Gasteiger partial charge in [-0.05, 0) is 12.8 Å². The molecule has 0 N–H and O–H groups in total. The number of esters is 1. The van der Waals surface area contributed by atoms with Crippen LogP contribution in [0.2, 0.25) is 0 Å². The van der Waals surface area contributed by atoms with Crippen molar-refractivity contribution in [3.63, 3.8) is 0 Å². The van der Waals surface area contributed by atoms with Crippen molar-refractivity contribution in [2.24, 2.45) is 0 Å². The quantitative estimate of drug-likeness (QED) is 0.214. The summed E-state index contributed by atoms with van der Waals surface area (Å²) in [7, 11) is 1.25. The van der Waals surface area contributed by atoms with Crippen LogP contribution in [0.5, 0.6) is 0 Å². The van der Waals surface area contributed by atoms with Crippen molar-refractivity contribution in [2.75, 3.05) is 7.11 Å². The number of carbonyl (C=O) groups excluding carboxylic acids is 1. The lowest BCUT2D eigenvalue weighted by atomic mass is 10.2. The number of hydrogen-bond acceptors (Lipinski definition) is 2. The highest BCUT2D eigenvalue weighted by Gasteiger charge is 2.15. The van der Waals surface area contributed by atoms with Crippen LogP contribution in [0.1, 0.15) is 32.6 Å². The molecule has 0 bridgehead atoms. The minimum Gasteiger partial charge on any atom is -0.460 e. The van der Waals surface area contributed by atoms with Crippen molar-refractivity contribution in [1.82, 2.24) is 0 Å². The van der Waals surface area contributed by atoms with Crippen LogP contribution in [-0.2, 0) is 9.53 Å². The van der Waals surface area contributed by atoms with Crippen molar-refractivity contribution in [3.05, 3.63) is 17.7 Å². The van der Waals surface area contributed by atoms with Crippen LogP contribution < -0.4 is 0 Å². The summed E-state index contributed by atoms with van der Waals surface area (Å²) in [5.41, 5.74) is 8.40.